The first-order chi connectivity index (χ1) is 15.5. The minimum Gasteiger partial charge on any atom is -0.388 e. The molecule has 3 aromatic rings. The lowest BCUT2D eigenvalue weighted by Gasteiger charge is -2.04. The third-order valence-electron chi connectivity index (χ3n) is 5.05. The van der Waals surface area contributed by atoms with Gasteiger partial charge in [0, 0.05) is 52.7 Å². The van der Waals surface area contributed by atoms with Crippen LogP contribution in [0.4, 0.5) is 11.4 Å². The predicted octanol–water partition coefficient (Wildman–Crippen LogP) is 1.57. The van der Waals surface area contributed by atoms with Crippen LogP contribution in [0, 0.1) is 12.3 Å². The van der Waals surface area contributed by atoms with Crippen LogP contribution in [0.15, 0.2) is 36.8 Å². The monoisotopic (exact) mass is 452 g/mol. The molecule has 3 aromatic heterocycles. The molecule has 11 heteroatoms. The molecule has 0 radical (unpaired) electrons. The van der Waals surface area contributed by atoms with Crippen molar-refractivity contribution in [2.45, 2.75) is 13.3 Å². The molecule has 33 heavy (non-hydrogen) atoms. The van der Waals surface area contributed by atoms with Crippen LogP contribution in [0.5, 0.6) is 0 Å². The van der Waals surface area contributed by atoms with Gasteiger partial charge in [0.15, 0.2) is 0 Å². The Morgan fingerprint density at radius 1 is 0.818 bits per heavy atom. The van der Waals surface area contributed by atoms with Gasteiger partial charge < -0.3 is 35.4 Å². The van der Waals surface area contributed by atoms with Gasteiger partial charge in [-0.2, -0.15) is 0 Å². The molecule has 0 fully saturated rings. The zero-order valence-corrected chi connectivity index (χ0v) is 19.0. The molecule has 0 aliphatic rings. The summed E-state index contributed by atoms with van der Waals surface area (Å²) in [5.74, 6) is -1.00. The summed E-state index contributed by atoms with van der Waals surface area (Å²) in [6.07, 6.45) is 5.40. The van der Waals surface area contributed by atoms with Gasteiger partial charge in [0.25, 0.3) is 17.7 Å². The fourth-order valence-electron chi connectivity index (χ4n) is 3.46. The normalized spacial score (nSPS) is 10.7. The van der Waals surface area contributed by atoms with Gasteiger partial charge in [-0.1, -0.05) is 0 Å². The van der Waals surface area contributed by atoms with Crippen molar-refractivity contribution in [3.05, 3.63) is 59.4 Å². The molecule has 11 nitrogen and oxygen atoms in total. The van der Waals surface area contributed by atoms with E-state index in [1.165, 1.54) is 0 Å². The molecule has 174 valence electrons. The third-order valence-corrected chi connectivity index (χ3v) is 5.05. The van der Waals surface area contributed by atoms with Gasteiger partial charge in [0.1, 0.15) is 17.1 Å². The summed E-state index contributed by atoms with van der Waals surface area (Å²) in [6, 6.07) is 4.93. The van der Waals surface area contributed by atoms with E-state index < -0.39 is 0 Å². The Balaban J connectivity index is 1.67. The van der Waals surface area contributed by atoms with Crippen molar-refractivity contribution in [2.24, 2.45) is 26.9 Å². The number of aromatic nitrogens is 3. The molecule has 3 heterocycles. The summed E-state index contributed by atoms with van der Waals surface area (Å²) in [5.41, 5.74) is 8.42. The van der Waals surface area contributed by atoms with Gasteiger partial charge in [0.05, 0.1) is 17.2 Å². The second-order valence-corrected chi connectivity index (χ2v) is 7.90. The Bertz CT molecular complexity index is 1230. The van der Waals surface area contributed by atoms with Crippen molar-refractivity contribution in [1.82, 2.24) is 19.0 Å². The molecule has 0 aromatic carbocycles. The van der Waals surface area contributed by atoms with Crippen molar-refractivity contribution >= 4 is 34.9 Å². The van der Waals surface area contributed by atoms with E-state index in [1.807, 2.05) is 13.1 Å². The van der Waals surface area contributed by atoms with Crippen LogP contribution >= 0.6 is 0 Å². The average Bonchev–Trinajstić information content (AvgIpc) is 3.37. The average molecular weight is 453 g/mol. The molecule has 3 rings (SSSR count). The molecule has 0 spiro atoms. The summed E-state index contributed by atoms with van der Waals surface area (Å²) >= 11 is 0. The molecule has 3 amide bonds. The van der Waals surface area contributed by atoms with E-state index in [4.69, 9.17) is 11.1 Å². The van der Waals surface area contributed by atoms with Gasteiger partial charge in [0.2, 0.25) is 0 Å². The number of anilines is 2. The maximum absolute atomic E-state index is 12.8. The van der Waals surface area contributed by atoms with Crippen molar-refractivity contribution in [3.8, 4) is 0 Å². The Morgan fingerprint density at radius 2 is 1.27 bits per heavy atom. The number of hydrogen-bond donors (Lipinski definition) is 5. The zero-order valence-electron chi connectivity index (χ0n) is 19.0. The summed E-state index contributed by atoms with van der Waals surface area (Å²) in [5, 5.41) is 15.5. The number of carbonyl (C=O) groups is 3. The Labute approximate surface area is 191 Å². The number of amidine groups is 1. The zero-order chi connectivity index (χ0) is 24.3. The molecule has 0 unspecified atom stereocenters. The van der Waals surface area contributed by atoms with Gasteiger partial charge >= 0.3 is 0 Å². The first kappa shape index (κ1) is 23.4. The van der Waals surface area contributed by atoms with Crippen molar-refractivity contribution in [3.63, 3.8) is 0 Å². The summed E-state index contributed by atoms with van der Waals surface area (Å²) in [6.45, 7) is 2.16. The number of nitrogens with two attached hydrogens (primary N) is 1. The number of nitrogens with one attached hydrogen (secondary N) is 4. The first-order valence-corrected chi connectivity index (χ1v) is 10.2. The highest BCUT2D eigenvalue weighted by molar-refractivity contribution is 6.07. The van der Waals surface area contributed by atoms with Crippen molar-refractivity contribution < 1.29 is 14.4 Å². The van der Waals surface area contributed by atoms with Crippen LogP contribution in [0.3, 0.4) is 0 Å². The maximum Gasteiger partial charge on any atom is 0.272 e. The fraction of sp³-hybridized carbons (Fsp3) is 0.273. The lowest BCUT2D eigenvalue weighted by molar-refractivity contribution is 0.0945. The molecule has 0 saturated heterocycles. The molecule has 0 atom stereocenters. The Kier molecular flexibility index (Phi) is 6.71. The number of hydrogen-bond acceptors (Lipinski definition) is 4. The van der Waals surface area contributed by atoms with E-state index in [-0.39, 0.29) is 36.5 Å². The standard InChI is InChI=1S/C22H28N8O3/c1-13-7-16(28(2)10-13)21(32)26-15-9-18(30(4)12-15)22(33)27-14-8-17(29(3)11-14)20(31)25-6-5-19(23)24/h7-12H,5-6H2,1-4H3,(H3,23,24)(H,25,31)(H,26,32)(H,27,33). The number of amides is 3. The highest BCUT2D eigenvalue weighted by Gasteiger charge is 2.18. The maximum atomic E-state index is 12.8. The second kappa shape index (κ2) is 9.47. The van der Waals surface area contributed by atoms with Crippen LogP contribution in [0.25, 0.3) is 0 Å². The lowest BCUT2D eigenvalue weighted by atomic mass is 10.3. The molecule has 0 bridgehead atoms. The highest BCUT2D eigenvalue weighted by Crippen LogP contribution is 2.18. The lowest BCUT2D eigenvalue weighted by Crippen LogP contribution is -2.28. The van der Waals surface area contributed by atoms with Crippen LogP contribution < -0.4 is 21.7 Å². The van der Waals surface area contributed by atoms with E-state index in [1.54, 1.807) is 65.4 Å². The van der Waals surface area contributed by atoms with Crippen molar-refractivity contribution in [2.75, 3.05) is 17.2 Å². The number of rotatable bonds is 8. The summed E-state index contributed by atoms with van der Waals surface area (Å²) in [7, 11) is 5.19. The second-order valence-electron chi connectivity index (χ2n) is 7.90. The van der Waals surface area contributed by atoms with E-state index in [9.17, 15) is 14.4 Å². The minimum absolute atomic E-state index is 0.00738. The largest absolute Gasteiger partial charge is 0.388 e. The molecule has 6 N–H and O–H groups in total. The van der Waals surface area contributed by atoms with Crippen LogP contribution in [-0.4, -0.2) is 43.8 Å². The van der Waals surface area contributed by atoms with Gasteiger partial charge in [-0.05, 0) is 30.7 Å². The number of carbonyl (C=O) groups excluding carboxylic acids is 3. The minimum atomic E-state index is -0.387. The first-order valence-electron chi connectivity index (χ1n) is 10.2. The molecule has 0 saturated carbocycles. The van der Waals surface area contributed by atoms with E-state index >= 15 is 0 Å². The molecular weight excluding hydrogens is 424 g/mol. The van der Waals surface area contributed by atoms with Crippen molar-refractivity contribution in [1.29, 1.82) is 5.41 Å². The Morgan fingerprint density at radius 3 is 1.73 bits per heavy atom. The van der Waals surface area contributed by atoms with E-state index in [2.05, 4.69) is 16.0 Å². The molecule has 0 aliphatic carbocycles. The molecular formula is C22H28N8O3. The predicted molar refractivity (Wildman–Crippen MR) is 126 cm³/mol. The Hall–Kier alpha value is -4.28. The summed E-state index contributed by atoms with van der Waals surface area (Å²) in [4.78, 5) is 37.7. The smallest absolute Gasteiger partial charge is 0.272 e. The van der Waals surface area contributed by atoms with E-state index in [0.717, 1.165) is 5.56 Å². The van der Waals surface area contributed by atoms with E-state index in [0.29, 0.717) is 28.5 Å². The molecule has 0 aliphatic heterocycles. The van der Waals surface area contributed by atoms with Gasteiger partial charge in [-0.25, -0.2) is 0 Å². The van der Waals surface area contributed by atoms with Crippen LogP contribution in [0.1, 0.15) is 43.4 Å². The third kappa shape index (κ3) is 5.50. The van der Waals surface area contributed by atoms with Gasteiger partial charge in [-0.15, -0.1) is 0 Å². The number of aryl methyl sites for hydroxylation is 4. The van der Waals surface area contributed by atoms with Crippen LogP contribution in [-0.2, 0) is 21.1 Å². The summed E-state index contributed by atoms with van der Waals surface area (Å²) < 4.78 is 4.95. The SMILES string of the molecule is Cc1cc(C(=O)Nc2cc(C(=O)Nc3cc(C(=O)NCCC(=N)N)n(C)c3)n(C)c2)n(C)c1. The highest BCUT2D eigenvalue weighted by atomic mass is 16.2. The number of nitrogens with zero attached hydrogens (tertiary/aromatic N) is 3. The quantitative estimate of drug-likeness (QED) is 0.260. The fourth-order valence-corrected chi connectivity index (χ4v) is 3.46. The topological polar surface area (TPSA) is 152 Å². The van der Waals surface area contributed by atoms with Gasteiger partial charge in [-0.3, -0.25) is 19.8 Å². The van der Waals surface area contributed by atoms with Crippen LogP contribution in [0.2, 0.25) is 0 Å².